The Morgan fingerprint density at radius 2 is 2.14 bits per heavy atom. The van der Waals surface area contributed by atoms with Crippen LogP contribution in [0, 0.1) is 0 Å². The summed E-state index contributed by atoms with van der Waals surface area (Å²) in [4.78, 5) is 12.9. The minimum absolute atomic E-state index is 0.0425. The molecule has 0 spiro atoms. The molecule has 0 aromatic rings. The molecule has 0 aromatic carbocycles. The number of esters is 1. The van der Waals surface area contributed by atoms with E-state index in [4.69, 9.17) is 9.47 Å². The van der Waals surface area contributed by atoms with Gasteiger partial charge in [-0.05, 0) is 0 Å². The lowest BCUT2D eigenvalue weighted by molar-refractivity contribution is -0.146. The van der Waals surface area contributed by atoms with E-state index in [-0.39, 0.29) is 12.6 Å². The molecule has 1 aliphatic heterocycles. The van der Waals surface area contributed by atoms with Crippen molar-refractivity contribution >= 4 is 5.97 Å². The molecule has 5 nitrogen and oxygen atoms in total. The van der Waals surface area contributed by atoms with Crippen LogP contribution < -0.4 is 0 Å². The first-order valence-corrected chi connectivity index (χ1v) is 4.77. The molecule has 14 heavy (non-hydrogen) atoms. The molecule has 82 valence electrons. The van der Waals surface area contributed by atoms with Gasteiger partial charge in [0.15, 0.2) is 0 Å². The highest BCUT2D eigenvalue weighted by Gasteiger charge is 2.09. The van der Waals surface area contributed by atoms with E-state index in [1.165, 1.54) is 7.11 Å². The van der Waals surface area contributed by atoms with E-state index in [0.717, 1.165) is 32.8 Å². The van der Waals surface area contributed by atoms with Gasteiger partial charge >= 0.3 is 5.97 Å². The molecule has 1 saturated heterocycles. The van der Waals surface area contributed by atoms with Crippen molar-refractivity contribution in [3.05, 3.63) is 0 Å². The summed E-state index contributed by atoms with van der Waals surface area (Å²) in [5.74, 6) is -0.327. The van der Waals surface area contributed by atoms with E-state index in [1.54, 1.807) is 0 Å². The van der Waals surface area contributed by atoms with Gasteiger partial charge in [-0.2, -0.15) is 0 Å². The Balaban J connectivity index is 1.94. The molecule has 0 bridgehead atoms. The number of carbonyl (C=O) groups is 1. The number of hydrogen-bond acceptors (Lipinski definition) is 5. The first-order valence-electron chi connectivity index (χ1n) is 4.77. The van der Waals surface area contributed by atoms with E-state index < -0.39 is 0 Å². The van der Waals surface area contributed by atoms with Gasteiger partial charge in [0, 0.05) is 19.6 Å². The predicted octanol–water partition coefficient (Wildman–Crippen LogP) is -0.492. The van der Waals surface area contributed by atoms with Crippen molar-refractivity contribution in [1.82, 2.24) is 4.90 Å². The summed E-state index contributed by atoms with van der Waals surface area (Å²) >= 11 is 0. The average Bonchev–Trinajstić information content (AvgIpc) is 2.25. The Labute approximate surface area is 83.9 Å². The van der Waals surface area contributed by atoms with Crippen molar-refractivity contribution in [2.24, 2.45) is 0 Å². The van der Waals surface area contributed by atoms with Gasteiger partial charge in [0.05, 0.1) is 26.9 Å². The van der Waals surface area contributed by atoms with Crippen LogP contribution in [0.3, 0.4) is 0 Å². The van der Waals surface area contributed by atoms with Crippen molar-refractivity contribution in [3.63, 3.8) is 0 Å². The van der Waals surface area contributed by atoms with Crippen LogP contribution in [0.25, 0.3) is 0 Å². The van der Waals surface area contributed by atoms with Gasteiger partial charge in [-0.15, -0.1) is 0 Å². The van der Waals surface area contributed by atoms with Gasteiger partial charge in [-0.3, -0.25) is 4.90 Å². The van der Waals surface area contributed by atoms with Crippen LogP contribution in [0.1, 0.15) is 0 Å². The molecule has 0 radical (unpaired) electrons. The van der Waals surface area contributed by atoms with Crippen LogP contribution in [-0.4, -0.2) is 64.0 Å². The van der Waals surface area contributed by atoms with Gasteiger partial charge in [-0.1, -0.05) is 0 Å². The minimum atomic E-state index is -0.327. The van der Waals surface area contributed by atoms with Crippen LogP contribution >= 0.6 is 0 Å². The standard InChI is InChI=1S/C9H17NO4/c1-12-9(11)8-14-7-4-10-2-5-13-6-3-10/h2-8H2,1H3. The lowest BCUT2D eigenvalue weighted by Crippen LogP contribution is -2.38. The monoisotopic (exact) mass is 203 g/mol. The Hall–Kier alpha value is -0.650. The molecule has 0 aliphatic carbocycles. The first-order chi connectivity index (χ1) is 6.83. The molecule has 5 heteroatoms. The van der Waals surface area contributed by atoms with Crippen LogP contribution in [0.15, 0.2) is 0 Å². The molecule has 0 atom stereocenters. The Kier molecular flexibility index (Phi) is 5.51. The summed E-state index contributed by atoms with van der Waals surface area (Å²) in [7, 11) is 1.35. The van der Waals surface area contributed by atoms with E-state index in [2.05, 4.69) is 9.64 Å². The number of nitrogens with zero attached hydrogens (tertiary/aromatic N) is 1. The zero-order valence-electron chi connectivity index (χ0n) is 8.53. The zero-order valence-corrected chi connectivity index (χ0v) is 8.53. The second-order valence-electron chi connectivity index (χ2n) is 3.08. The summed E-state index contributed by atoms with van der Waals surface area (Å²) in [5, 5.41) is 0. The maximum absolute atomic E-state index is 10.7. The highest BCUT2D eigenvalue weighted by molar-refractivity contribution is 5.70. The quantitative estimate of drug-likeness (QED) is 0.445. The molecule has 0 amide bonds. The lowest BCUT2D eigenvalue weighted by atomic mass is 10.4. The number of carbonyl (C=O) groups excluding carboxylic acids is 1. The van der Waals surface area contributed by atoms with Gasteiger partial charge in [0.1, 0.15) is 6.61 Å². The lowest BCUT2D eigenvalue weighted by Gasteiger charge is -2.26. The van der Waals surface area contributed by atoms with Gasteiger partial charge in [0.2, 0.25) is 0 Å². The molecule has 1 aliphatic rings. The summed E-state index contributed by atoms with van der Waals surface area (Å²) in [6.45, 7) is 4.92. The summed E-state index contributed by atoms with van der Waals surface area (Å²) in [6, 6.07) is 0. The van der Waals surface area contributed by atoms with Crippen molar-refractivity contribution < 1.29 is 19.0 Å². The first kappa shape index (κ1) is 11.4. The number of ether oxygens (including phenoxy) is 3. The molecule has 0 unspecified atom stereocenters. The van der Waals surface area contributed by atoms with Gasteiger partial charge in [0.25, 0.3) is 0 Å². The fourth-order valence-corrected chi connectivity index (χ4v) is 1.23. The molecule has 1 fully saturated rings. The molecular weight excluding hydrogens is 186 g/mol. The van der Waals surface area contributed by atoms with Crippen LogP contribution in [0.2, 0.25) is 0 Å². The summed E-state index contributed by atoms with van der Waals surface area (Å²) in [6.07, 6.45) is 0. The van der Waals surface area contributed by atoms with Crippen LogP contribution in [0.5, 0.6) is 0 Å². The summed E-state index contributed by atoms with van der Waals surface area (Å²) in [5.41, 5.74) is 0. The number of methoxy groups -OCH3 is 1. The Morgan fingerprint density at radius 1 is 1.43 bits per heavy atom. The van der Waals surface area contributed by atoms with Crippen LogP contribution in [-0.2, 0) is 19.0 Å². The topological polar surface area (TPSA) is 48.0 Å². The predicted molar refractivity (Wildman–Crippen MR) is 50.1 cm³/mol. The number of morpholine rings is 1. The fourth-order valence-electron chi connectivity index (χ4n) is 1.23. The molecule has 0 N–H and O–H groups in total. The smallest absolute Gasteiger partial charge is 0.331 e. The molecular formula is C9H17NO4. The largest absolute Gasteiger partial charge is 0.467 e. The summed E-state index contributed by atoms with van der Waals surface area (Å²) < 4.78 is 14.8. The Bertz CT molecular complexity index is 168. The third-order valence-electron chi connectivity index (χ3n) is 2.10. The van der Waals surface area contributed by atoms with E-state index in [9.17, 15) is 4.79 Å². The second kappa shape index (κ2) is 6.75. The molecule has 0 aromatic heterocycles. The van der Waals surface area contributed by atoms with Crippen molar-refractivity contribution in [1.29, 1.82) is 0 Å². The number of rotatable bonds is 5. The SMILES string of the molecule is COC(=O)COCCN1CCOCC1. The Morgan fingerprint density at radius 3 is 2.79 bits per heavy atom. The molecule has 1 rings (SSSR count). The second-order valence-corrected chi connectivity index (χ2v) is 3.08. The minimum Gasteiger partial charge on any atom is -0.467 e. The molecule has 1 heterocycles. The van der Waals surface area contributed by atoms with Gasteiger partial charge < -0.3 is 14.2 Å². The van der Waals surface area contributed by atoms with Crippen LogP contribution in [0.4, 0.5) is 0 Å². The highest BCUT2D eigenvalue weighted by Crippen LogP contribution is 1.95. The maximum atomic E-state index is 10.7. The average molecular weight is 203 g/mol. The third-order valence-corrected chi connectivity index (χ3v) is 2.10. The number of hydrogen-bond donors (Lipinski definition) is 0. The van der Waals surface area contributed by atoms with E-state index >= 15 is 0 Å². The fraction of sp³-hybridized carbons (Fsp3) is 0.889. The molecule has 0 saturated carbocycles. The highest BCUT2D eigenvalue weighted by atomic mass is 16.6. The van der Waals surface area contributed by atoms with Gasteiger partial charge in [-0.25, -0.2) is 4.79 Å². The van der Waals surface area contributed by atoms with Crippen molar-refractivity contribution in [3.8, 4) is 0 Å². The van der Waals surface area contributed by atoms with E-state index in [1.807, 2.05) is 0 Å². The maximum Gasteiger partial charge on any atom is 0.331 e. The van der Waals surface area contributed by atoms with Crippen molar-refractivity contribution in [2.45, 2.75) is 0 Å². The van der Waals surface area contributed by atoms with E-state index in [0.29, 0.717) is 6.61 Å². The third kappa shape index (κ3) is 4.55. The van der Waals surface area contributed by atoms with Crippen molar-refractivity contribution in [2.75, 3.05) is 53.2 Å². The normalized spacial score (nSPS) is 18.1. The zero-order chi connectivity index (χ0) is 10.2.